The molecule has 1 unspecified atom stereocenters. The molecule has 0 spiro atoms. The second kappa shape index (κ2) is 9.30. The fraction of sp³-hybridized carbons (Fsp3) is 0.267. The van der Waals surface area contributed by atoms with Gasteiger partial charge in [0.1, 0.15) is 11.5 Å². The fourth-order valence-corrected chi connectivity index (χ4v) is 4.98. The van der Waals surface area contributed by atoms with Crippen LogP contribution in [0.2, 0.25) is 0 Å². The van der Waals surface area contributed by atoms with E-state index in [9.17, 15) is 9.59 Å². The van der Waals surface area contributed by atoms with E-state index in [1.807, 2.05) is 54.6 Å². The lowest BCUT2D eigenvalue weighted by Crippen LogP contribution is -2.40. The minimum absolute atomic E-state index is 0.0307. The van der Waals surface area contributed by atoms with E-state index < -0.39 is 0 Å². The zero-order valence-electron chi connectivity index (χ0n) is 19.7. The molecule has 1 amide bonds. The van der Waals surface area contributed by atoms with Crippen LogP contribution in [0.3, 0.4) is 0 Å². The fourth-order valence-electron chi connectivity index (χ4n) is 4.98. The van der Waals surface area contributed by atoms with Gasteiger partial charge in [0.2, 0.25) is 5.91 Å². The molecule has 2 aliphatic rings. The number of ether oxygens (including phenoxy) is 1. The third-order valence-corrected chi connectivity index (χ3v) is 6.75. The van der Waals surface area contributed by atoms with Gasteiger partial charge >= 0.3 is 0 Å². The maximum atomic E-state index is 13.4. The maximum absolute atomic E-state index is 13.4. The lowest BCUT2D eigenvalue weighted by Gasteiger charge is -2.38. The number of rotatable bonds is 5. The Kier molecular flexibility index (Phi) is 6.06. The summed E-state index contributed by atoms with van der Waals surface area (Å²) in [6, 6.07) is 25.6. The molecule has 0 bridgehead atoms. The Morgan fingerprint density at radius 1 is 0.824 bits per heavy atom. The quantitative estimate of drug-likeness (QED) is 0.414. The molecule has 34 heavy (non-hydrogen) atoms. The number of para-hydroxylation sites is 1. The monoisotopic (exact) mass is 451 g/mol. The van der Waals surface area contributed by atoms with E-state index in [2.05, 4.69) is 38.1 Å². The Labute approximate surface area is 200 Å². The first-order valence-corrected chi connectivity index (χ1v) is 12.0. The van der Waals surface area contributed by atoms with Crippen molar-refractivity contribution in [2.75, 3.05) is 4.90 Å². The van der Waals surface area contributed by atoms with Gasteiger partial charge in [-0.15, -0.1) is 0 Å². The van der Waals surface area contributed by atoms with Gasteiger partial charge < -0.3 is 4.74 Å². The van der Waals surface area contributed by atoms with E-state index in [4.69, 9.17) is 4.74 Å². The molecule has 1 aliphatic heterocycles. The number of amides is 1. The number of nitrogens with zero attached hydrogens (tertiary/aromatic N) is 1. The molecule has 3 aromatic rings. The van der Waals surface area contributed by atoms with Gasteiger partial charge in [0, 0.05) is 35.7 Å². The van der Waals surface area contributed by atoms with E-state index >= 15 is 0 Å². The van der Waals surface area contributed by atoms with Crippen molar-refractivity contribution in [1.29, 1.82) is 0 Å². The minimum atomic E-state index is -0.173. The van der Waals surface area contributed by atoms with E-state index in [0.717, 1.165) is 41.1 Å². The molecular weight excluding hydrogens is 422 g/mol. The highest BCUT2D eigenvalue weighted by Gasteiger charge is 2.39. The molecule has 1 atom stereocenters. The van der Waals surface area contributed by atoms with Gasteiger partial charge in [0.05, 0.1) is 0 Å². The highest BCUT2D eigenvalue weighted by atomic mass is 16.5. The van der Waals surface area contributed by atoms with Crippen LogP contribution in [0.15, 0.2) is 90.1 Å². The Morgan fingerprint density at radius 3 is 2.18 bits per heavy atom. The van der Waals surface area contributed by atoms with Gasteiger partial charge in [-0.3, -0.25) is 14.5 Å². The Hall–Kier alpha value is -3.66. The van der Waals surface area contributed by atoms with Crippen molar-refractivity contribution in [3.8, 4) is 11.5 Å². The van der Waals surface area contributed by atoms with E-state index in [-0.39, 0.29) is 17.6 Å². The standard InChI is InChI=1S/C30H29NO3/c1-20(2)21-11-13-22(14-12-21)26-19-29(33)31(27-9-6-10-28(32)30(26)27)23-15-17-25(18-16-23)34-24-7-4-3-5-8-24/h3-5,7-8,11-18,20,26H,6,9-10,19H2,1-2H3. The number of Topliss-reactive ketones (excluding diaryl/α,β-unsaturated/α-hetero) is 1. The predicted octanol–water partition coefficient (Wildman–Crippen LogP) is 7.13. The number of ketones is 1. The molecule has 1 heterocycles. The molecule has 1 aliphatic carbocycles. The Balaban J connectivity index is 1.48. The van der Waals surface area contributed by atoms with Crippen molar-refractivity contribution in [3.63, 3.8) is 0 Å². The first-order valence-electron chi connectivity index (χ1n) is 12.0. The van der Waals surface area contributed by atoms with Crippen LogP contribution in [0.4, 0.5) is 5.69 Å². The minimum Gasteiger partial charge on any atom is -0.457 e. The summed E-state index contributed by atoms with van der Waals surface area (Å²) in [4.78, 5) is 28.3. The first-order chi connectivity index (χ1) is 16.5. The summed E-state index contributed by atoms with van der Waals surface area (Å²) in [5, 5.41) is 0. The number of allylic oxidation sites excluding steroid dienone is 2. The van der Waals surface area contributed by atoms with Crippen molar-refractivity contribution >= 4 is 17.4 Å². The van der Waals surface area contributed by atoms with Crippen LogP contribution < -0.4 is 9.64 Å². The lowest BCUT2D eigenvalue weighted by molar-refractivity contribution is -0.119. The molecule has 0 fully saturated rings. The number of hydrogen-bond donors (Lipinski definition) is 0. The van der Waals surface area contributed by atoms with Crippen LogP contribution in [0.1, 0.15) is 62.5 Å². The summed E-state index contributed by atoms with van der Waals surface area (Å²) in [5.41, 5.74) is 4.76. The van der Waals surface area contributed by atoms with Crippen molar-refractivity contribution in [2.24, 2.45) is 0 Å². The molecule has 5 rings (SSSR count). The van der Waals surface area contributed by atoms with Gasteiger partial charge in [-0.25, -0.2) is 0 Å². The second-order valence-electron chi connectivity index (χ2n) is 9.35. The van der Waals surface area contributed by atoms with Crippen molar-refractivity contribution in [1.82, 2.24) is 0 Å². The third-order valence-electron chi connectivity index (χ3n) is 6.75. The number of benzene rings is 3. The van der Waals surface area contributed by atoms with Gasteiger partial charge in [0.15, 0.2) is 5.78 Å². The molecule has 4 nitrogen and oxygen atoms in total. The van der Waals surface area contributed by atoms with Gasteiger partial charge in [-0.1, -0.05) is 56.3 Å². The molecule has 0 N–H and O–H groups in total. The Bertz CT molecular complexity index is 1220. The van der Waals surface area contributed by atoms with Crippen molar-refractivity contribution in [3.05, 3.63) is 101 Å². The molecule has 0 saturated carbocycles. The van der Waals surface area contributed by atoms with Gasteiger partial charge in [0.25, 0.3) is 0 Å². The molecule has 0 aromatic heterocycles. The average molecular weight is 452 g/mol. The normalized spacial score (nSPS) is 18.3. The lowest BCUT2D eigenvalue weighted by atomic mass is 9.77. The van der Waals surface area contributed by atoms with E-state index in [1.54, 1.807) is 4.90 Å². The molecular formula is C30H29NO3. The number of hydrogen-bond acceptors (Lipinski definition) is 3. The number of carbonyl (C=O) groups is 2. The van der Waals surface area contributed by atoms with Gasteiger partial charge in [-0.2, -0.15) is 0 Å². The topological polar surface area (TPSA) is 46.6 Å². The van der Waals surface area contributed by atoms with Crippen LogP contribution in [0.5, 0.6) is 11.5 Å². The zero-order valence-corrected chi connectivity index (χ0v) is 19.7. The molecule has 3 aromatic carbocycles. The van der Waals surface area contributed by atoms with E-state index in [1.165, 1.54) is 5.56 Å². The Morgan fingerprint density at radius 2 is 1.50 bits per heavy atom. The highest BCUT2D eigenvalue weighted by Crippen LogP contribution is 2.43. The van der Waals surface area contributed by atoms with Crippen LogP contribution in [-0.2, 0) is 9.59 Å². The third kappa shape index (κ3) is 4.28. The average Bonchev–Trinajstić information content (AvgIpc) is 2.85. The highest BCUT2D eigenvalue weighted by molar-refractivity contribution is 6.07. The maximum Gasteiger partial charge on any atom is 0.232 e. The summed E-state index contributed by atoms with van der Waals surface area (Å²) in [7, 11) is 0. The van der Waals surface area contributed by atoms with Crippen LogP contribution in [0.25, 0.3) is 0 Å². The van der Waals surface area contributed by atoms with Gasteiger partial charge in [-0.05, 0) is 66.3 Å². The number of anilines is 1. The van der Waals surface area contributed by atoms with E-state index in [0.29, 0.717) is 24.5 Å². The largest absolute Gasteiger partial charge is 0.457 e. The summed E-state index contributed by atoms with van der Waals surface area (Å²) in [5.74, 6) is 1.93. The number of carbonyl (C=O) groups excluding carboxylic acids is 2. The summed E-state index contributed by atoms with van der Waals surface area (Å²) >= 11 is 0. The summed E-state index contributed by atoms with van der Waals surface area (Å²) in [6.07, 6.45) is 2.35. The zero-order chi connectivity index (χ0) is 23.7. The smallest absolute Gasteiger partial charge is 0.232 e. The van der Waals surface area contributed by atoms with Crippen LogP contribution in [0, 0.1) is 0 Å². The van der Waals surface area contributed by atoms with Crippen molar-refractivity contribution in [2.45, 2.75) is 51.4 Å². The summed E-state index contributed by atoms with van der Waals surface area (Å²) in [6.45, 7) is 4.33. The molecule has 4 heteroatoms. The van der Waals surface area contributed by atoms with Crippen molar-refractivity contribution < 1.29 is 14.3 Å². The molecule has 0 saturated heterocycles. The SMILES string of the molecule is CC(C)c1ccc(C2CC(=O)N(c3ccc(Oc4ccccc4)cc3)C3=C2C(=O)CCC3)cc1. The first kappa shape index (κ1) is 22.1. The second-order valence-corrected chi connectivity index (χ2v) is 9.35. The van der Waals surface area contributed by atoms with Crippen LogP contribution in [-0.4, -0.2) is 11.7 Å². The summed E-state index contributed by atoms with van der Waals surface area (Å²) < 4.78 is 5.90. The predicted molar refractivity (Wildman–Crippen MR) is 134 cm³/mol. The molecule has 0 radical (unpaired) electrons. The van der Waals surface area contributed by atoms with Crippen LogP contribution >= 0.6 is 0 Å². The molecule has 172 valence electrons.